The number of ether oxygens (including phenoxy) is 2. The molecule has 0 atom stereocenters. The van der Waals surface area contributed by atoms with Crippen molar-refractivity contribution in [2.24, 2.45) is 0 Å². The molecule has 0 unspecified atom stereocenters. The average Bonchev–Trinajstić information content (AvgIpc) is 2.78. The normalized spacial score (nSPS) is 10.2. The number of para-hydroxylation sites is 1. The number of methoxy groups -OCH3 is 1. The van der Waals surface area contributed by atoms with E-state index in [4.69, 9.17) is 19.6 Å². The highest BCUT2D eigenvalue weighted by molar-refractivity contribution is 5.72. The molecule has 17 heavy (non-hydrogen) atoms. The molecule has 2 N–H and O–H groups in total. The van der Waals surface area contributed by atoms with Gasteiger partial charge in [0, 0.05) is 0 Å². The summed E-state index contributed by atoms with van der Waals surface area (Å²) < 4.78 is 15.6. The molecule has 0 spiro atoms. The van der Waals surface area contributed by atoms with Gasteiger partial charge in [-0.2, -0.15) is 0 Å². The van der Waals surface area contributed by atoms with Gasteiger partial charge in [0.15, 0.2) is 5.75 Å². The van der Waals surface area contributed by atoms with Gasteiger partial charge in [-0.15, -0.1) is 5.10 Å². The SMILES string of the molecule is CCOc1nnc(-c2cccc(N)c2OC)o1. The monoisotopic (exact) mass is 235 g/mol. The third-order valence-electron chi connectivity index (χ3n) is 2.15. The van der Waals surface area contributed by atoms with Crippen LogP contribution in [0.25, 0.3) is 11.5 Å². The van der Waals surface area contributed by atoms with Gasteiger partial charge in [-0.05, 0) is 19.1 Å². The van der Waals surface area contributed by atoms with Gasteiger partial charge in [0.25, 0.3) is 5.89 Å². The molecule has 0 radical (unpaired) electrons. The fourth-order valence-electron chi connectivity index (χ4n) is 1.45. The molecule has 1 aromatic heterocycles. The molecule has 90 valence electrons. The molecule has 6 heteroatoms. The second kappa shape index (κ2) is 4.73. The highest BCUT2D eigenvalue weighted by atomic mass is 16.6. The van der Waals surface area contributed by atoms with E-state index in [2.05, 4.69) is 10.2 Å². The summed E-state index contributed by atoms with van der Waals surface area (Å²) in [5.74, 6) is 0.830. The lowest BCUT2D eigenvalue weighted by Gasteiger charge is -2.07. The van der Waals surface area contributed by atoms with E-state index in [0.717, 1.165) is 0 Å². The summed E-state index contributed by atoms with van der Waals surface area (Å²) in [4.78, 5) is 0. The summed E-state index contributed by atoms with van der Waals surface area (Å²) in [6, 6.07) is 5.32. The van der Waals surface area contributed by atoms with E-state index in [9.17, 15) is 0 Å². The number of benzene rings is 1. The van der Waals surface area contributed by atoms with Gasteiger partial charge in [0.1, 0.15) is 0 Å². The zero-order valence-corrected chi connectivity index (χ0v) is 9.64. The number of nitrogen functional groups attached to an aromatic ring is 1. The lowest BCUT2D eigenvalue weighted by molar-refractivity contribution is 0.246. The second-order valence-electron chi connectivity index (χ2n) is 3.23. The number of nitrogens with two attached hydrogens (primary N) is 1. The van der Waals surface area contributed by atoms with Crippen molar-refractivity contribution in [2.75, 3.05) is 19.5 Å². The largest absolute Gasteiger partial charge is 0.494 e. The van der Waals surface area contributed by atoms with Crippen LogP contribution in [0.2, 0.25) is 0 Å². The van der Waals surface area contributed by atoms with Crippen LogP contribution in [0.15, 0.2) is 22.6 Å². The highest BCUT2D eigenvalue weighted by Gasteiger charge is 2.15. The Morgan fingerprint density at radius 1 is 1.35 bits per heavy atom. The molecule has 2 rings (SSSR count). The third-order valence-corrected chi connectivity index (χ3v) is 2.15. The topological polar surface area (TPSA) is 83.4 Å². The first-order chi connectivity index (χ1) is 8.26. The van der Waals surface area contributed by atoms with Crippen molar-refractivity contribution in [2.45, 2.75) is 6.92 Å². The summed E-state index contributed by atoms with van der Waals surface area (Å²) in [5.41, 5.74) is 6.95. The maximum absolute atomic E-state index is 5.79. The quantitative estimate of drug-likeness (QED) is 0.812. The molecule has 0 fully saturated rings. The van der Waals surface area contributed by atoms with E-state index in [1.807, 2.05) is 6.92 Å². The van der Waals surface area contributed by atoms with Crippen molar-refractivity contribution >= 4 is 5.69 Å². The smallest absolute Gasteiger partial charge is 0.414 e. The van der Waals surface area contributed by atoms with Gasteiger partial charge < -0.3 is 19.6 Å². The van der Waals surface area contributed by atoms with Gasteiger partial charge >= 0.3 is 6.08 Å². The first-order valence-corrected chi connectivity index (χ1v) is 5.15. The summed E-state index contributed by atoms with van der Waals surface area (Å²) in [5, 5.41) is 7.63. The standard InChI is InChI=1S/C11H13N3O3/c1-3-16-11-14-13-10(17-11)7-5-4-6-8(12)9(7)15-2/h4-6H,3,12H2,1-2H3. The number of nitrogens with zero attached hydrogens (tertiary/aromatic N) is 2. The molecule has 0 aliphatic carbocycles. The van der Waals surface area contributed by atoms with Crippen LogP contribution >= 0.6 is 0 Å². The molecule has 0 bridgehead atoms. The Balaban J connectivity index is 2.41. The predicted octanol–water partition coefficient (Wildman–Crippen LogP) is 1.73. The highest BCUT2D eigenvalue weighted by Crippen LogP contribution is 2.34. The molecule has 6 nitrogen and oxygen atoms in total. The molecular weight excluding hydrogens is 222 g/mol. The Hall–Kier alpha value is -2.24. The first kappa shape index (κ1) is 11.3. The maximum atomic E-state index is 5.79. The maximum Gasteiger partial charge on any atom is 0.414 e. The number of hydrogen-bond donors (Lipinski definition) is 1. The van der Waals surface area contributed by atoms with E-state index >= 15 is 0 Å². The molecule has 0 saturated heterocycles. The van der Waals surface area contributed by atoms with Crippen molar-refractivity contribution < 1.29 is 13.9 Å². The second-order valence-corrected chi connectivity index (χ2v) is 3.23. The minimum atomic E-state index is 0.131. The fraction of sp³-hybridized carbons (Fsp3) is 0.273. The van der Waals surface area contributed by atoms with Crippen LogP contribution in [0.3, 0.4) is 0 Å². The zero-order chi connectivity index (χ0) is 12.3. The Morgan fingerprint density at radius 2 is 2.18 bits per heavy atom. The van der Waals surface area contributed by atoms with Crippen molar-refractivity contribution in [1.29, 1.82) is 0 Å². The summed E-state index contributed by atoms with van der Waals surface area (Å²) in [6.07, 6.45) is 0.131. The number of aromatic nitrogens is 2. The van der Waals surface area contributed by atoms with E-state index in [1.54, 1.807) is 18.2 Å². The summed E-state index contributed by atoms with van der Waals surface area (Å²) in [7, 11) is 1.54. The van der Waals surface area contributed by atoms with Crippen LogP contribution in [0.5, 0.6) is 11.8 Å². The van der Waals surface area contributed by atoms with Crippen LogP contribution < -0.4 is 15.2 Å². The molecule has 1 aromatic carbocycles. The molecule has 0 aliphatic rings. The molecule has 1 heterocycles. The van der Waals surface area contributed by atoms with Crippen LogP contribution in [0.4, 0.5) is 5.69 Å². The molecule has 0 saturated carbocycles. The average molecular weight is 235 g/mol. The van der Waals surface area contributed by atoms with Crippen molar-refractivity contribution in [3.63, 3.8) is 0 Å². The van der Waals surface area contributed by atoms with Gasteiger partial charge in [-0.1, -0.05) is 11.2 Å². The Morgan fingerprint density at radius 3 is 2.88 bits per heavy atom. The van der Waals surface area contributed by atoms with Crippen LogP contribution in [-0.2, 0) is 0 Å². The van der Waals surface area contributed by atoms with Crippen LogP contribution in [-0.4, -0.2) is 23.9 Å². The minimum Gasteiger partial charge on any atom is -0.494 e. The van der Waals surface area contributed by atoms with Gasteiger partial charge in [-0.3, -0.25) is 0 Å². The van der Waals surface area contributed by atoms with E-state index < -0.39 is 0 Å². The number of anilines is 1. The van der Waals surface area contributed by atoms with Crippen LogP contribution in [0, 0.1) is 0 Å². The molecule has 2 aromatic rings. The van der Waals surface area contributed by atoms with E-state index in [-0.39, 0.29) is 6.08 Å². The molecule has 0 aliphatic heterocycles. The van der Waals surface area contributed by atoms with Crippen molar-refractivity contribution in [3.8, 4) is 23.3 Å². The van der Waals surface area contributed by atoms with Crippen molar-refractivity contribution in [3.05, 3.63) is 18.2 Å². The minimum absolute atomic E-state index is 0.131. The predicted molar refractivity (Wildman–Crippen MR) is 61.9 cm³/mol. The Bertz CT molecular complexity index is 510. The number of rotatable bonds is 4. The molecular formula is C11H13N3O3. The Kier molecular flexibility index (Phi) is 3.13. The van der Waals surface area contributed by atoms with E-state index in [0.29, 0.717) is 29.5 Å². The summed E-state index contributed by atoms with van der Waals surface area (Å²) >= 11 is 0. The Labute approximate surface area is 98.4 Å². The van der Waals surface area contributed by atoms with Gasteiger partial charge in [0.2, 0.25) is 0 Å². The third kappa shape index (κ3) is 2.15. The van der Waals surface area contributed by atoms with Gasteiger partial charge in [0.05, 0.1) is 25.0 Å². The lowest BCUT2D eigenvalue weighted by atomic mass is 10.2. The lowest BCUT2D eigenvalue weighted by Crippen LogP contribution is -1.94. The molecule has 0 amide bonds. The number of hydrogen-bond acceptors (Lipinski definition) is 6. The van der Waals surface area contributed by atoms with E-state index in [1.165, 1.54) is 7.11 Å². The van der Waals surface area contributed by atoms with Gasteiger partial charge in [-0.25, -0.2) is 0 Å². The zero-order valence-electron chi connectivity index (χ0n) is 9.64. The fourth-order valence-corrected chi connectivity index (χ4v) is 1.45. The van der Waals surface area contributed by atoms with Crippen LogP contribution in [0.1, 0.15) is 6.92 Å². The summed E-state index contributed by atoms with van der Waals surface area (Å²) in [6.45, 7) is 2.31. The van der Waals surface area contributed by atoms with Crippen molar-refractivity contribution in [1.82, 2.24) is 10.2 Å². The first-order valence-electron chi connectivity index (χ1n) is 5.15.